The summed E-state index contributed by atoms with van der Waals surface area (Å²) in [6.45, 7) is 6.89. The summed E-state index contributed by atoms with van der Waals surface area (Å²) in [6, 6.07) is 4.90. The molecule has 1 amide bonds. The zero-order valence-electron chi connectivity index (χ0n) is 16.0. The molecule has 1 N–H and O–H groups in total. The summed E-state index contributed by atoms with van der Waals surface area (Å²) in [6.07, 6.45) is 8.16. The van der Waals surface area contributed by atoms with Crippen molar-refractivity contribution in [3.05, 3.63) is 24.0 Å². The van der Waals surface area contributed by atoms with Crippen LogP contribution >= 0.6 is 11.3 Å². The minimum atomic E-state index is -0.0181. The number of nitrogens with zero attached hydrogens (tertiary/aromatic N) is 3. The Hall–Kier alpha value is -1.66. The molecule has 0 unspecified atom stereocenters. The molecule has 0 saturated carbocycles. The van der Waals surface area contributed by atoms with Crippen LogP contribution in [0.2, 0.25) is 0 Å². The van der Waals surface area contributed by atoms with Crippen molar-refractivity contribution in [2.24, 2.45) is 5.92 Å². The molecule has 6 rings (SSSR count). The topological polar surface area (TPSA) is 48.5 Å². The van der Waals surface area contributed by atoms with E-state index in [9.17, 15) is 4.79 Å². The third-order valence-corrected chi connectivity index (χ3v) is 7.92. The molecule has 27 heavy (non-hydrogen) atoms. The molecule has 2 bridgehead atoms. The number of piperidine rings is 4. The summed E-state index contributed by atoms with van der Waals surface area (Å²) in [5.41, 5.74) is 0.554. The van der Waals surface area contributed by atoms with Gasteiger partial charge in [-0.1, -0.05) is 0 Å². The van der Waals surface area contributed by atoms with Crippen molar-refractivity contribution in [1.82, 2.24) is 15.2 Å². The quantitative estimate of drug-likeness (QED) is 0.880. The van der Waals surface area contributed by atoms with E-state index in [1.165, 1.54) is 50.2 Å². The van der Waals surface area contributed by atoms with Crippen molar-refractivity contribution < 1.29 is 4.79 Å². The van der Waals surface area contributed by atoms with E-state index in [4.69, 9.17) is 0 Å². The fourth-order valence-corrected chi connectivity index (χ4v) is 6.21. The number of amides is 1. The van der Waals surface area contributed by atoms with Gasteiger partial charge in [-0.15, -0.1) is 11.3 Å². The summed E-state index contributed by atoms with van der Waals surface area (Å²) < 4.78 is 1.16. The van der Waals surface area contributed by atoms with E-state index in [1.807, 2.05) is 12.3 Å². The first-order valence-corrected chi connectivity index (χ1v) is 11.2. The third kappa shape index (κ3) is 3.23. The zero-order valence-corrected chi connectivity index (χ0v) is 16.8. The van der Waals surface area contributed by atoms with Crippen LogP contribution in [0.25, 0.3) is 10.1 Å². The number of hydrogen-bond acceptors (Lipinski definition) is 5. The van der Waals surface area contributed by atoms with Crippen LogP contribution in [0, 0.1) is 5.92 Å². The predicted molar refractivity (Wildman–Crippen MR) is 111 cm³/mol. The van der Waals surface area contributed by atoms with Gasteiger partial charge >= 0.3 is 0 Å². The van der Waals surface area contributed by atoms with Crippen LogP contribution in [0.5, 0.6) is 0 Å². The van der Waals surface area contributed by atoms with Crippen LogP contribution in [0.1, 0.15) is 49.5 Å². The van der Waals surface area contributed by atoms with Gasteiger partial charge < -0.3 is 10.2 Å². The summed E-state index contributed by atoms with van der Waals surface area (Å²) in [4.78, 5) is 22.4. The number of thiophene rings is 1. The second-order valence-electron chi connectivity index (χ2n) is 8.35. The van der Waals surface area contributed by atoms with Gasteiger partial charge in [-0.25, -0.2) is 0 Å². The largest absolute Gasteiger partial charge is 0.363 e. The second-order valence-corrected chi connectivity index (χ2v) is 9.42. The number of hydrogen-bond donors (Lipinski definition) is 1. The highest BCUT2D eigenvalue weighted by Gasteiger charge is 2.40. The van der Waals surface area contributed by atoms with Crippen LogP contribution in [0.3, 0.4) is 0 Å². The SMILES string of the molecule is C[C@H]1[C@H](NC(=O)c2cc3sc(N4CCCCC4)cc3cn2)C2CCN1CC2. The van der Waals surface area contributed by atoms with E-state index in [2.05, 4.69) is 33.1 Å². The fraction of sp³-hybridized carbons (Fsp3) is 0.619. The lowest BCUT2D eigenvalue weighted by Gasteiger charge is -2.49. The normalized spacial score (nSPS) is 30.6. The first-order chi connectivity index (χ1) is 13.2. The van der Waals surface area contributed by atoms with Gasteiger partial charge in [0.25, 0.3) is 5.91 Å². The molecule has 4 aliphatic heterocycles. The number of anilines is 1. The van der Waals surface area contributed by atoms with Crippen LogP contribution in [-0.4, -0.2) is 54.1 Å². The molecule has 144 valence electrons. The van der Waals surface area contributed by atoms with Gasteiger partial charge in [-0.05, 0) is 70.2 Å². The number of fused-ring (bicyclic) bond motifs is 4. The van der Waals surface area contributed by atoms with Crippen molar-refractivity contribution >= 4 is 32.3 Å². The smallest absolute Gasteiger partial charge is 0.270 e. The highest BCUT2D eigenvalue weighted by Crippen LogP contribution is 2.35. The summed E-state index contributed by atoms with van der Waals surface area (Å²) >= 11 is 1.79. The molecule has 6 heterocycles. The lowest BCUT2D eigenvalue weighted by atomic mass is 9.79. The standard InChI is InChI=1S/C21H28N4OS/c1-14-20(15-5-9-24(14)10-6-15)23-21(26)17-12-18-16(13-22-17)11-19(27-18)25-7-3-2-4-8-25/h11-15,20H,2-10H2,1H3,(H,23,26)/t14-,20-/m0/s1. The summed E-state index contributed by atoms with van der Waals surface area (Å²) in [5, 5.41) is 5.76. The van der Waals surface area contributed by atoms with Gasteiger partial charge in [0.15, 0.2) is 0 Å². The Balaban J connectivity index is 1.34. The molecule has 2 aromatic rings. The minimum absolute atomic E-state index is 0.0181. The van der Waals surface area contributed by atoms with Gasteiger partial charge in [0, 0.05) is 41.5 Å². The molecule has 0 aliphatic carbocycles. The Morgan fingerprint density at radius 3 is 2.67 bits per heavy atom. The van der Waals surface area contributed by atoms with E-state index in [0.717, 1.165) is 23.2 Å². The molecule has 0 aromatic carbocycles. The van der Waals surface area contributed by atoms with Crippen LogP contribution < -0.4 is 10.2 Å². The number of nitrogens with one attached hydrogen (secondary N) is 1. The highest BCUT2D eigenvalue weighted by molar-refractivity contribution is 7.22. The van der Waals surface area contributed by atoms with E-state index in [0.29, 0.717) is 17.7 Å². The Bertz CT molecular complexity index is 834. The Labute approximate surface area is 164 Å². The monoisotopic (exact) mass is 384 g/mol. The number of carbonyl (C=O) groups excluding carboxylic acids is 1. The second kappa shape index (κ2) is 7.06. The predicted octanol–water partition coefficient (Wildman–Crippen LogP) is 3.50. The van der Waals surface area contributed by atoms with Crippen molar-refractivity contribution in [3.8, 4) is 0 Å². The number of carbonyl (C=O) groups is 1. The Morgan fingerprint density at radius 2 is 1.93 bits per heavy atom. The van der Waals surface area contributed by atoms with E-state index in [-0.39, 0.29) is 11.9 Å². The summed E-state index contributed by atoms with van der Waals surface area (Å²) in [7, 11) is 0. The van der Waals surface area contributed by atoms with Crippen molar-refractivity contribution in [3.63, 3.8) is 0 Å². The van der Waals surface area contributed by atoms with Crippen LogP contribution in [-0.2, 0) is 0 Å². The molecular formula is C21H28N4OS. The molecule has 4 saturated heterocycles. The maximum atomic E-state index is 12.9. The van der Waals surface area contributed by atoms with Gasteiger partial charge in [-0.2, -0.15) is 0 Å². The molecule has 4 aliphatic rings. The molecule has 0 radical (unpaired) electrons. The van der Waals surface area contributed by atoms with Gasteiger partial charge in [0.05, 0.1) is 5.00 Å². The van der Waals surface area contributed by atoms with Gasteiger partial charge in [0.1, 0.15) is 5.69 Å². The number of pyridine rings is 1. The van der Waals surface area contributed by atoms with E-state index in [1.54, 1.807) is 11.3 Å². The highest BCUT2D eigenvalue weighted by atomic mass is 32.1. The lowest BCUT2D eigenvalue weighted by molar-refractivity contribution is 0.0216. The average molecular weight is 385 g/mol. The maximum Gasteiger partial charge on any atom is 0.270 e. The third-order valence-electron chi connectivity index (χ3n) is 6.76. The average Bonchev–Trinajstić information content (AvgIpc) is 3.15. The molecule has 2 aromatic heterocycles. The van der Waals surface area contributed by atoms with Crippen LogP contribution in [0.4, 0.5) is 5.00 Å². The molecular weight excluding hydrogens is 356 g/mol. The fourth-order valence-electron chi connectivity index (χ4n) is 5.08. The van der Waals surface area contributed by atoms with Gasteiger partial charge in [-0.3, -0.25) is 14.7 Å². The van der Waals surface area contributed by atoms with Crippen molar-refractivity contribution in [2.75, 3.05) is 31.1 Å². The molecule has 5 nitrogen and oxygen atoms in total. The molecule has 6 heteroatoms. The van der Waals surface area contributed by atoms with Crippen LogP contribution in [0.15, 0.2) is 18.3 Å². The van der Waals surface area contributed by atoms with Gasteiger partial charge in [0.2, 0.25) is 0 Å². The van der Waals surface area contributed by atoms with Crippen molar-refractivity contribution in [1.29, 1.82) is 0 Å². The Morgan fingerprint density at radius 1 is 1.15 bits per heavy atom. The minimum Gasteiger partial charge on any atom is -0.363 e. The molecule has 0 spiro atoms. The van der Waals surface area contributed by atoms with Crippen molar-refractivity contribution in [2.45, 2.75) is 51.1 Å². The maximum absolute atomic E-state index is 12.9. The number of aromatic nitrogens is 1. The molecule has 4 fully saturated rings. The lowest BCUT2D eigenvalue weighted by Crippen LogP contribution is -2.62. The number of rotatable bonds is 3. The van der Waals surface area contributed by atoms with E-state index >= 15 is 0 Å². The Kier molecular flexibility index (Phi) is 4.56. The first-order valence-electron chi connectivity index (χ1n) is 10.4. The zero-order chi connectivity index (χ0) is 18.4. The van der Waals surface area contributed by atoms with E-state index < -0.39 is 0 Å². The summed E-state index contributed by atoms with van der Waals surface area (Å²) in [5.74, 6) is 0.598. The molecule has 2 atom stereocenters. The first kappa shape index (κ1) is 17.4.